The molecule has 2 aromatic rings. The van der Waals surface area contributed by atoms with E-state index < -0.39 is 158 Å². The van der Waals surface area contributed by atoms with Crippen molar-refractivity contribution in [3.63, 3.8) is 0 Å². The number of hydrogen-bond acceptors (Lipinski definition) is 16. The molecule has 2 saturated heterocycles. The van der Waals surface area contributed by atoms with Gasteiger partial charge in [0, 0.05) is 51.1 Å². The van der Waals surface area contributed by atoms with Crippen LogP contribution in [-0.2, 0) is 78.7 Å². The molecule has 6 aliphatic rings. The van der Waals surface area contributed by atoms with Crippen LogP contribution in [0.2, 0.25) is 0 Å². The van der Waals surface area contributed by atoms with E-state index in [0.29, 0.717) is 47.9 Å². The van der Waals surface area contributed by atoms with Crippen LogP contribution < -0.4 is 55.3 Å². The fourth-order valence-electron chi connectivity index (χ4n) is 14.3. The number of amides is 9. The molecule has 2 saturated carbocycles. The van der Waals surface area contributed by atoms with Gasteiger partial charge in [-0.1, -0.05) is 74.2 Å². The Labute approximate surface area is 537 Å². The Balaban J connectivity index is 0.993. The largest absolute Gasteiger partial charge is 0.480 e. The van der Waals surface area contributed by atoms with Gasteiger partial charge in [0.2, 0.25) is 53.2 Å². The summed E-state index contributed by atoms with van der Waals surface area (Å²) >= 11 is 0. The standard InChI is InChI=1S/C62H88N16O15/c63-28-51(82)70-41(52(83)74-43(32-80)56(87)76-30-38-16-4-2-12-34(38)24-49(76)58(89)78-45-20-8-6-14-36(45)26-47(78)54(85)73-40(60(92)93)18-10-22-69-62(66)67)27-50(81)71-42(31-79)55(86)75-29-37-15-3-1-11-33(37)23-48(75)57(88)77-44-19-7-5-13-35(44)25-46(77)53(84)72-39(59(90)91)17-9-21-68-61(64)65/h1-4,11-12,15-16,35-36,39-49,79-80H,5-10,13-14,17-32,63H2,(H,70,82)(H,71,81)(H,72,84)(H,73,85)(H,74,83)(H,90,91)(H,92,93)(H4,64,65,68)(H4,66,67,69)/t35?,36?,39-,40-,41+,42-,43-,44?,45?,46-,47-,48+,49+/m0/s1. The van der Waals surface area contributed by atoms with E-state index in [1.807, 2.05) is 0 Å². The normalized spacial score (nSPS) is 23.7. The van der Waals surface area contributed by atoms with Crippen molar-refractivity contribution >= 4 is 77.0 Å². The number of rotatable bonds is 27. The maximum Gasteiger partial charge on any atom is 0.326 e. The number of guanidine groups is 2. The van der Waals surface area contributed by atoms with Gasteiger partial charge in [-0.15, -0.1) is 0 Å². The summed E-state index contributed by atoms with van der Waals surface area (Å²) in [5.74, 6) is -10.9. The number of carboxylic acids is 2. The molecule has 2 aliphatic carbocycles. The minimum atomic E-state index is -1.85. The lowest BCUT2D eigenvalue weighted by atomic mass is 9.84. The smallest absolute Gasteiger partial charge is 0.326 e. The van der Waals surface area contributed by atoms with Crippen LogP contribution in [0.1, 0.15) is 119 Å². The van der Waals surface area contributed by atoms with Gasteiger partial charge in [-0.25, -0.2) is 9.59 Å². The Morgan fingerprint density at radius 1 is 0.505 bits per heavy atom. The average Bonchev–Trinajstić information content (AvgIpc) is 1.72. The Morgan fingerprint density at radius 3 is 1.30 bits per heavy atom. The van der Waals surface area contributed by atoms with Gasteiger partial charge in [-0.3, -0.25) is 53.1 Å². The molecule has 0 spiro atoms. The second-order valence-electron chi connectivity index (χ2n) is 24.9. The molecule has 4 unspecified atom stereocenters. The SMILES string of the molecule is NCC(=O)N[C@H](CC(=O)N[C@@H](CO)C(=O)N1Cc2ccccc2C[C@@H]1C(=O)N1C2CCCCC2C[C@H]1C(=O)N[C@@H](CCCN=C(N)N)C(=O)O)C(=O)N[C@@H](CO)C(=O)N1Cc2ccccc2C[C@@H]1C(=O)N1C2CCCCC2C[C@H]1C(=O)N[C@@H](CCCN=C(N)N)C(=O)O. The zero-order valence-electron chi connectivity index (χ0n) is 51.9. The number of nitrogens with zero attached hydrogens (tertiary/aromatic N) is 6. The number of carbonyl (C=O) groups is 11. The van der Waals surface area contributed by atoms with Gasteiger partial charge < -0.3 is 95.3 Å². The molecule has 506 valence electrons. The number of likely N-dealkylation sites (tertiary alicyclic amines) is 2. The molecule has 4 heterocycles. The maximum absolute atomic E-state index is 15.4. The highest BCUT2D eigenvalue weighted by Gasteiger charge is 2.54. The number of aliphatic hydroxyl groups excluding tert-OH is 2. The predicted molar refractivity (Wildman–Crippen MR) is 334 cm³/mol. The molecule has 8 rings (SSSR count). The molecular formula is C62H88N16O15. The molecule has 0 bridgehead atoms. The molecule has 0 radical (unpaired) electrons. The van der Waals surface area contributed by atoms with Crippen molar-refractivity contribution in [1.29, 1.82) is 0 Å². The van der Waals surface area contributed by atoms with E-state index in [9.17, 15) is 63.6 Å². The Bertz CT molecular complexity index is 3180. The first kappa shape index (κ1) is 69.9. The van der Waals surface area contributed by atoms with Gasteiger partial charge in [0.1, 0.15) is 54.4 Å². The minimum Gasteiger partial charge on any atom is -0.480 e. The van der Waals surface area contributed by atoms with Crippen molar-refractivity contribution < 1.29 is 73.2 Å². The van der Waals surface area contributed by atoms with E-state index in [1.165, 1.54) is 19.6 Å². The molecule has 9 amide bonds. The van der Waals surface area contributed by atoms with E-state index in [0.717, 1.165) is 25.7 Å². The molecule has 4 aliphatic heterocycles. The zero-order chi connectivity index (χ0) is 67.2. The van der Waals surface area contributed by atoms with Crippen LogP contribution in [0.25, 0.3) is 0 Å². The predicted octanol–water partition coefficient (Wildman–Crippen LogP) is -3.75. The summed E-state index contributed by atoms with van der Waals surface area (Å²) in [4.78, 5) is 169. The van der Waals surface area contributed by atoms with Crippen LogP contribution in [-0.4, -0.2) is 216 Å². The number of carbonyl (C=O) groups excluding carboxylic acids is 9. The monoisotopic (exact) mass is 1300 g/mol. The van der Waals surface area contributed by atoms with Crippen LogP contribution in [0.15, 0.2) is 58.5 Å². The summed E-state index contributed by atoms with van der Waals surface area (Å²) in [6.07, 6.45) is 5.43. The van der Waals surface area contributed by atoms with E-state index in [-0.39, 0.29) is 101 Å². The lowest BCUT2D eigenvalue weighted by Gasteiger charge is -2.42. The first-order valence-electron chi connectivity index (χ1n) is 31.9. The Hall–Kier alpha value is -8.97. The van der Waals surface area contributed by atoms with Crippen molar-refractivity contribution in [2.24, 2.45) is 50.5 Å². The number of aliphatic hydroxyl groups is 2. The topological polar surface area (TPSA) is 497 Å². The number of aliphatic imine (C=N–C) groups is 2. The second-order valence-corrected chi connectivity index (χ2v) is 24.9. The van der Waals surface area contributed by atoms with Gasteiger partial charge in [-0.05, 0) is 98.3 Å². The van der Waals surface area contributed by atoms with Crippen LogP contribution in [0.4, 0.5) is 0 Å². The fraction of sp³-hybridized carbons (Fsp3) is 0.597. The third-order valence-electron chi connectivity index (χ3n) is 18.9. The fourth-order valence-corrected chi connectivity index (χ4v) is 14.3. The second kappa shape index (κ2) is 32.1. The molecule has 13 atom stereocenters. The Kier molecular flexibility index (Phi) is 24.1. The molecule has 2 aromatic carbocycles. The molecule has 31 heteroatoms. The van der Waals surface area contributed by atoms with E-state index in [4.69, 9.17) is 28.7 Å². The van der Waals surface area contributed by atoms with E-state index in [1.54, 1.807) is 48.5 Å². The molecule has 31 nitrogen and oxygen atoms in total. The number of hydrogen-bond donors (Lipinski definition) is 14. The van der Waals surface area contributed by atoms with Crippen molar-refractivity contribution in [3.05, 3.63) is 70.8 Å². The number of nitrogens with two attached hydrogens (primary N) is 5. The number of carboxylic acid groups (broad SMARTS) is 2. The molecule has 4 fully saturated rings. The lowest BCUT2D eigenvalue weighted by Crippen LogP contribution is -2.63. The summed E-state index contributed by atoms with van der Waals surface area (Å²) in [6.45, 7) is -2.91. The summed E-state index contributed by atoms with van der Waals surface area (Å²) in [5.41, 5.74) is 30.1. The zero-order valence-corrected chi connectivity index (χ0v) is 51.9. The van der Waals surface area contributed by atoms with Crippen LogP contribution in [0.5, 0.6) is 0 Å². The minimum absolute atomic E-state index is 0.0211. The van der Waals surface area contributed by atoms with Gasteiger partial charge >= 0.3 is 11.9 Å². The van der Waals surface area contributed by atoms with Gasteiger partial charge in [0.25, 0.3) is 0 Å². The highest BCUT2D eigenvalue weighted by Crippen LogP contribution is 2.43. The number of fused-ring (bicyclic) bond motifs is 4. The summed E-state index contributed by atoms with van der Waals surface area (Å²) in [6, 6.07) is 0.225. The van der Waals surface area contributed by atoms with Crippen LogP contribution in [0, 0.1) is 11.8 Å². The summed E-state index contributed by atoms with van der Waals surface area (Å²) in [5, 5.41) is 54.5. The molecule has 0 aromatic heterocycles. The average molecular weight is 1300 g/mol. The van der Waals surface area contributed by atoms with Crippen molar-refractivity contribution in [2.45, 2.75) is 189 Å². The first-order chi connectivity index (χ1) is 44.5. The van der Waals surface area contributed by atoms with Crippen molar-refractivity contribution in [2.75, 3.05) is 32.8 Å². The number of aliphatic carboxylic acids is 2. The third-order valence-corrected chi connectivity index (χ3v) is 18.9. The van der Waals surface area contributed by atoms with Crippen LogP contribution in [0.3, 0.4) is 0 Å². The van der Waals surface area contributed by atoms with Crippen molar-refractivity contribution in [3.8, 4) is 0 Å². The summed E-state index contributed by atoms with van der Waals surface area (Å²) < 4.78 is 0. The quantitative estimate of drug-likeness (QED) is 0.0232. The maximum atomic E-state index is 15.4. The van der Waals surface area contributed by atoms with E-state index in [2.05, 4.69) is 36.6 Å². The Morgan fingerprint density at radius 2 is 0.903 bits per heavy atom. The highest BCUT2D eigenvalue weighted by atomic mass is 16.4. The van der Waals surface area contributed by atoms with Crippen molar-refractivity contribution in [1.82, 2.24) is 46.2 Å². The lowest BCUT2D eigenvalue weighted by molar-refractivity contribution is -0.154. The molecular weight excluding hydrogens is 1210 g/mol. The van der Waals surface area contributed by atoms with Gasteiger partial charge in [0.15, 0.2) is 11.9 Å². The van der Waals surface area contributed by atoms with Crippen LogP contribution >= 0.6 is 0 Å². The highest BCUT2D eigenvalue weighted by molar-refractivity contribution is 6.00. The molecule has 19 N–H and O–H groups in total. The summed E-state index contributed by atoms with van der Waals surface area (Å²) in [7, 11) is 0. The van der Waals surface area contributed by atoms with E-state index >= 15 is 9.59 Å². The number of benzene rings is 2. The number of nitrogens with one attached hydrogen (secondary N) is 5. The third kappa shape index (κ3) is 17.0. The molecule has 93 heavy (non-hydrogen) atoms. The van der Waals surface area contributed by atoms with Gasteiger partial charge in [-0.2, -0.15) is 0 Å². The first-order valence-corrected chi connectivity index (χ1v) is 31.9. The van der Waals surface area contributed by atoms with Gasteiger partial charge in [0.05, 0.1) is 26.2 Å².